The second kappa shape index (κ2) is 3.39. The minimum absolute atomic E-state index is 0.199. The molecule has 0 aliphatic carbocycles. The molecule has 3 nitrogen and oxygen atoms in total. The summed E-state index contributed by atoms with van der Waals surface area (Å²) in [6, 6.07) is 3.90. The maximum atomic E-state index is 8.62. The molecule has 0 amide bonds. The van der Waals surface area contributed by atoms with Crippen molar-refractivity contribution in [1.29, 1.82) is 5.26 Å². The Kier molecular flexibility index (Phi) is 2.22. The Bertz CT molecular complexity index is 423. The van der Waals surface area contributed by atoms with E-state index >= 15 is 0 Å². The summed E-state index contributed by atoms with van der Waals surface area (Å²) in [5, 5.41) is 9.16. The summed E-state index contributed by atoms with van der Waals surface area (Å²) in [5.41, 5.74) is 1.78. The van der Waals surface area contributed by atoms with E-state index in [1.54, 1.807) is 0 Å². The van der Waals surface area contributed by atoms with Crippen molar-refractivity contribution in [2.24, 2.45) is 0 Å². The average Bonchev–Trinajstić information content (AvgIpc) is 2.62. The lowest BCUT2D eigenvalue weighted by Crippen LogP contribution is -1.93. The van der Waals surface area contributed by atoms with Gasteiger partial charge in [-0.15, -0.1) is 0 Å². The van der Waals surface area contributed by atoms with E-state index in [1.807, 2.05) is 13.0 Å². The van der Waals surface area contributed by atoms with Gasteiger partial charge in [-0.3, -0.25) is 0 Å². The molecule has 1 aromatic rings. The number of ether oxygens (including phenoxy) is 2. The molecule has 0 saturated carbocycles. The molecule has 1 heterocycles. The Morgan fingerprint density at radius 2 is 2.36 bits per heavy atom. The topological polar surface area (TPSA) is 42.2 Å². The summed E-state index contributed by atoms with van der Waals surface area (Å²) in [6.45, 7) is 2.07. The third-order valence-electron chi connectivity index (χ3n) is 2.23. The second-order valence-corrected chi connectivity index (χ2v) is 3.42. The van der Waals surface area contributed by atoms with Gasteiger partial charge in [0.2, 0.25) is 6.79 Å². The summed E-state index contributed by atoms with van der Waals surface area (Å²) in [4.78, 5) is 0. The third-order valence-corrected chi connectivity index (χ3v) is 2.68. The molecule has 2 rings (SSSR count). The Morgan fingerprint density at radius 1 is 1.57 bits per heavy atom. The first-order valence-electron chi connectivity index (χ1n) is 4.18. The lowest BCUT2D eigenvalue weighted by atomic mass is 10.1. The summed E-state index contributed by atoms with van der Waals surface area (Å²) in [5.74, 6) is 1.22. The highest BCUT2D eigenvalue weighted by atomic mass is 35.5. The molecule has 0 bridgehead atoms. The minimum atomic E-state index is 0.199. The Labute approximate surface area is 86.8 Å². The van der Waals surface area contributed by atoms with Crippen LogP contribution in [0.1, 0.15) is 11.1 Å². The van der Waals surface area contributed by atoms with Gasteiger partial charge in [0.05, 0.1) is 17.5 Å². The van der Waals surface area contributed by atoms with Gasteiger partial charge in [0.15, 0.2) is 11.5 Å². The highest BCUT2D eigenvalue weighted by Crippen LogP contribution is 2.42. The van der Waals surface area contributed by atoms with Crippen LogP contribution in [0.3, 0.4) is 0 Å². The minimum Gasteiger partial charge on any atom is -0.454 e. The molecule has 0 unspecified atom stereocenters. The molecule has 0 atom stereocenters. The van der Waals surface area contributed by atoms with E-state index in [0.717, 1.165) is 11.1 Å². The molecule has 0 fully saturated rings. The van der Waals surface area contributed by atoms with Crippen LogP contribution in [0.4, 0.5) is 0 Å². The predicted molar refractivity (Wildman–Crippen MR) is 51.6 cm³/mol. The predicted octanol–water partition coefficient (Wildman–Crippen LogP) is 2.44. The maximum absolute atomic E-state index is 8.62. The summed E-state index contributed by atoms with van der Waals surface area (Å²) < 4.78 is 10.4. The maximum Gasteiger partial charge on any atom is 0.231 e. The van der Waals surface area contributed by atoms with Gasteiger partial charge in [-0.25, -0.2) is 0 Å². The van der Waals surface area contributed by atoms with E-state index < -0.39 is 0 Å². The number of rotatable bonds is 1. The van der Waals surface area contributed by atoms with E-state index in [4.69, 9.17) is 26.3 Å². The molecule has 0 N–H and O–H groups in total. The third kappa shape index (κ3) is 1.28. The first-order valence-corrected chi connectivity index (χ1v) is 4.56. The summed E-state index contributed by atoms with van der Waals surface area (Å²) >= 11 is 6.07. The summed E-state index contributed by atoms with van der Waals surface area (Å²) in [7, 11) is 0. The highest BCUT2D eigenvalue weighted by molar-refractivity contribution is 6.33. The van der Waals surface area contributed by atoms with Crippen molar-refractivity contribution >= 4 is 11.6 Å². The lowest BCUT2D eigenvalue weighted by molar-refractivity contribution is 0.174. The molecule has 0 radical (unpaired) electrons. The van der Waals surface area contributed by atoms with Gasteiger partial charge < -0.3 is 9.47 Å². The lowest BCUT2D eigenvalue weighted by Gasteiger charge is -2.06. The van der Waals surface area contributed by atoms with Crippen molar-refractivity contribution in [3.63, 3.8) is 0 Å². The molecular weight excluding hydrogens is 202 g/mol. The first kappa shape index (κ1) is 9.17. The van der Waals surface area contributed by atoms with Gasteiger partial charge in [0.25, 0.3) is 0 Å². The van der Waals surface area contributed by atoms with Crippen LogP contribution in [0.2, 0.25) is 5.02 Å². The number of hydrogen-bond donors (Lipinski definition) is 0. The quantitative estimate of drug-likeness (QED) is 0.714. The molecule has 0 saturated heterocycles. The van der Waals surface area contributed by atoms with E-state index in [-0.39, 0.29) is 6.79 Å². The molecule has 1 aromatic carbocycles. The van der Waals surface area contributed by atoms with Crippen molar-refractivity contribution in [3.05, 3.63) is 22.2 Å². The SMILES string of the molecule is Cc1c(CC#N)cc2c(c1Cl)OCO2. The number of halogens is 1. The van der Waals surface area contributed by atoms with Gasteiger partial charge in [0, 0.05) is 0 Å². The monoisotopic (exact) mass is 209 g/mol. The number of hydrogen-bond acceptors (Lipinski definition) is 3. The molecular formula is C10H8ClNO2. The smallest absolute Gasteiger partial charge is 0.231 e. The molecule has 1 aliphatic heterocycles. The normalized spacial score (nSPS) is 12.6. The van der Waals surface area contributed by atoms with Gasteiger partial charge in [-0.2, -0.15) is 5.26 Å². The van der Waals surface area contributed by atoms with Crippen LogP contribution in [0.15, 0.2) is 6.07 Å². The van der Waals surface area contributed by atoms with Crippen LogP contribution in [0.25, 0.3) is 0 Å². The number of fused-ring (bicyclic) bond motifs is 1. The Hall–Kier alpha value is -1.40. The fraction of sp³-hybridized carbons (Fsp3) is 0.300. The van der Waals surface area contributed by atoms with E-state index in [0.29, 0.717) is 22.9 Å². The zero-order valence-electron chi connectivity index (χ0n) is 7.63. The van der Waals surface area contributed by atoms with Crippen molar-refractivity contribution in [2.45, 2.75) is 13.3 Å². The van der Waals surface area contributed by atoms with Crippen LogP contribution >= 0.6 is 11.6 Å². The van der Waals surface area contributed by atoms with Crippen molar-refractivity contribution in [3.8, 4) is 17.6 Å². The van der Waals surface area contributed by atoms with Crippen LogP contribution in [0.5, 0.6) is 11.5 Å². The number of nitriles is 1. The standard InChI is InChI=1S/C10H8ClNO2/c1-6-7(2-3-12)4-8-10(9(6)11)14-5-13-8/h4H,2,5H2,1H3. The zero-order chi connectivity index (χ0) is 10.1. The van der Waals surface area contributed by atoms with Gasteiger partial charge in [0.1, 0.15) is 0 Å². The van der Waals surface area contributed by atoms with E-state index in [2.05, 4.69) is 6.07 Å². The van der Waals surface area contributed by atoms with Crippen LogP contribution < -0.4 is 9.47 Å². The first-order chi connectivity index (χ1) is 6.74. The van der Waals surface area contributed by atoms with Crippen molar-refractivity contribution < 1.29 is 9.47 Å². The summed E-state index contributed by atoms with van der Waals surface area (Å²) in [6.07, 6.45) is 0.336. The number of nitrogens with zero attached hydrogens (tertiary/aromatic N) is 1. The highest BCUT2D eigenvalue weighted by Gasteiger charge is 2.20. The fourth-order valence-electron chi connectivity index (χ4n) is 1.41. The van der Waals surface area contributed by atoms with Crippen molar-refractivity contribution in [2.75, 3.05) is 6.79 Å². The zero-order valence-corrected chi connectivity index (χ0v) is 8.39. The molecule has 14 heavy (non-hydrogen) atoms. The Balaban J connectivity index is 2.56. The largest absolute Gasteiger partial charge is 0.454 e. The van der Waals surface area contributed by atoms with Gasteiger partial charge >= 0.3 is 0 Å². The fourth-order valence-corrected chi connectivity index (χ4v) is 1.68. The Morgan fingerprint density at radius 3 is 3.07 bits per heavy atom. The average molecular weight is 210 g/mol. The van der Waals surface area contributed by atoms with Crippen molar-refractivity contribution in [1.82, 2.24) is 0 Å². The van der Waals surface area contributed by atoms with Crippen LogP contribution in [0, 0.1) is 18.3 Å². The van der Waals surface area contributed by atoms with Gasteiger partial charge in [-0.1, -0.05) is 11.6 Å². The van der Waals surface area contributed by atoms with Crippen LogP contribution in [-0.2, 0) is 6.42 Å². The molecule has 1 aliphatic rings. The van der Waals surface area contributed by atoms with Crippen LogP contribution in [-0.4, -0.2) is 6.79 Å². The molecule has 4 heteroatoms. The van der Waals surface area contributed by atoms with E-state index in [1.165, 1.54) is 0 Å². The second-order valence-electron chi connectivity index (χ2n) is 3.04. The number of benzene rings is 1. The van der Waals surface area contributed by atoms with E-state index in [9.17, 15) is 0 Å². The molecule has 72 valence electrons. The van der Waals surface area contributed by atoms with Gasteiger partial charge in [-0.05, 0) is 24.1 Å². The molecule has 0 spiro atoms. The molecule has 0 aromatic heterocycles.